The molecule has 7 N–H and O–H groups in total. The minimum atomic E-state index is -0.274. The minimum absolute atomic E-state index is 0.160. The van der Waals surface area contributed by atoms with E-state index in [1.54, 1.807) is 0 Å². The Balaban J connectivity index is 3.45. The lowest BCUT2D eigenvalue weighted by atomic mass is 10.2. The van der Waals surface area contributed by atoms with Crippen LogP contribution in [0.2, 0.25) is 0 Å². The van der Waals surface area contributed by atoms with Gasteiger partial charge < -0.3 is 17.2 Å². The van der Waals surface area contributed by atoms with Gasteiger partial charge in [-0.15, -0.1) is 0 Å². The standard InChI is InChI=1S/C7H18ClN5/c8-13-7(11)12-6(10)4-2-1-3-5-9/h6H,1-5,9-10H2,(H3,11,12,13). The molecule has 0 aromatic rings. The summed E-state index contributed by atoms with van der Waals surface area (Å²) in [5.74, 6) is 0.160. The van der Waals surface area contributed by atoms with Crippen LogP contribution in [0.3, 0.4) is 0 Å². The Labute approximate surface area is 83.8 Å². The number of hydrogen-bond donors (Lipinski definition) is 4. The molecule has 5 nitrogen and oxygen atoms in total. The number of unbranched alkanes of at least 4 members (excludes halogenated alkanes) is 2. The van der Waals surface area contributed by atoms with Crippen LogP contribution in [-0.2, 0) is 0 Å². The highest BCUT2D eigenvalue weighted by molar-refractivity contribution is 6.21. The van der Waals surface area contributed by atoms with Crippen LogP contribution < -0.4 is 22.0 Å². The summed E-state index contributed by atoms with van der Waals surface area (Å²) in [4.78, 5) is 6.09. The lowest BCUT2D eigenvalue weighted by molar-refractivity contribution is 0.568. The van der Waals surface area contributed by atoms with Gasteiger partial charge in [-0.1, -0.05) is 6.42 Å². The Morgan fingerprint density at radius 3 is 2.62 bits per heavy atom. The van der Waals surface area contributed by atoms with E-state index >= 15 is 0 Å². The molecule has 0 aromatic heterocycles. The smallest absolute Gasteiger partial charge is 0.205 e. The third-order valence-electron chi connectivity index (χ3n) is 1.61. The molecule has 0 aromatic carbocycles. The second-order valence-corrected chi connectivity index (χ2v) is 3.00. The summed E-state index contributed by atoms with van der Waals surface area (Å²) in [5.41, 5.74) is 16.3. The number of guanidine groups is 1. The monoisotopic (exact) mass is 207 g/mol. The zero-order valence-electron chi connectivity index (χ0n) is 7.67. The zero-order valence-corrected chi connectivity index (χ0v) is 8.43. The summed E-state index contributed by atoms with van der Waals surface area (Å²) in [5, 5.41) is 0. The molecule has 0 saturated carbocycles. The van der Waals surface area contributed by atoms with Gasteiger partial charge in [0, 0.05) is 11.8 Å². The quantitative estimate of drug-likeness (QED) is 0.211. The fourth-order valence-corrected chi connectivity index (χ4v) is 0.991. The molecular formula is C7H18ClN5. The predicted molar refractivity (Wildman–Crippen MR) is 56.1 cm³/mol. The molecular weight excluding hydrogens is 190 g/mol. The number of nitrogens with two attached hydrogens (primary N) is 3. The van der Waals surface area contributed by atoms with E-state index in [-0.39, 0.29) is 12.1 Å². The van der Waals surface area contributed by atoms with Gasteiger partial charge in [0.05, 0.1) is 0 Å². The van der Waals surface area contributed by atoms with Crippen molar-refractivity contribution in [2.24, 2.45) is 22.2 Å². The van der Waals surface area contributed by atoms with Crippen molar-refractivity contribution in [2.75, 3.05) is 6.54 Å². The van der Waals surface area contributed by atoms with E-state index in [1.165, 1.54) is 0 Å². The average Bonchev–Trinajstić information content (AvgIpc) is 2.12. The normalized spacial score (nSPS) is 14.2. The minimum Gasteiger partial charge on any atom is -0.369 e. The molecule has 13 heavy (non-hydrogen) atoms. The van der Waals surface area contributed by atoms with E-state index in [0.717, 1.165) is 32.2 Å². The predicted octanol–water partition coefficient (Wildman–Crippen LogP) is -0.152. The van der Waals surface area contributed by atoms with Crippen molar-refractivity contribution in [1.29, 1.82) is 0 Å². The summed E-state index contributed by atoms with van der Waals surface area (Å²) in [6, 6.07) is 0. The fraction of sp³-hybridized carbons (Fsp3) is 0.857. The highest BCUT2D eigenvalue weighted by atomic mass is 35.5. The van der Waals surface area contributed by atoms with Gasteiger partial charge in [0.2, 0.25) is 5.96 Å². The van der Waals surface area contributed by atoms with Crippen molar-refractivity contribution in [3.05, 3.63) is 0 Å². The molecule has 78 valence electrons. The number of rotatable bonds is 6. The number of hydrogen-bond acceptors (Lipinski definition) is 3. The van der Waals surface area contributed by atoms with Gasteiger partial charge in [-0.25, -0.2) is 4.99 Å². The molecule has 0 heterocycles. The van der Waals surface area contributed by atoms with Gasteiger partial charge in [0.25, 0.3) is 0 Å². The SMILES string of the molecule is NCCCCCC(N)N=C(N)NCl. The molecule has 0 saturated heterocycles. The van der Waals surface area contributed by atoms with Crippen LogP contribution in [0.5, 0.6) is 0 Å². The van der Waals surface area contributed by atoms with E-state index in [1.807, 2.05) is 0 Å². The molecule has 1 unspecified atom stereocenters. The van der Waals surface area contributed by atoms with E-state index in [4.69, 9.17) is 29.0 Å². The van der Waals surface area contributed by atoms with E-state index < -0.39 is 0 Å². The molecule has 0 amide bonds. The first-order valence-electron chi connectivity index (χ1n) is 4.36. The maximum absolute atomic E-state index is 5.64. The topological polar surface area (TPSA) is 102 Å². The summed E-state index contributed by atoms with van der Waals surface area (Å²) < 4.78 is 0. The molecule has 0 spiro atoms. The summed E-state index contributed by atoms with van der Waals surface area (Å²) in [7, 11) is 0. The van der Waals surface area contributed by atoms with Crippen LogP contribution in [0.1, 0.15) is 25.7 Å². The van der Waals surface area contributed by atoms with Crippen molar-refractivity contribution in [3.8, 4) is 0 Å². The van der Waals surface area contributed by atoms with Gasteiger partial charge in [0.15, 0.2) is 0 Å². The third-order valence-corrected chi connectivity index (χ3v) is 1.80. The van der Waals surface area contributed by atoms with Crippen LogP contribution in [-0.4, -0.2) is 18.7 Å². The van der Waals surface area contributed by atoms with Crippen molar-refractivity contribution >= 4 is 17.7 Å². The maximum Gasteiger partial charge on any atom is 0.205 e. The van der Waals surface area contributed by atoms with Gasteiger partial charge in [0.1, 0.15) is 6.17 Å². The van der Waals surface area contributed by atoms with Gasteiger partial charge in [-0.3, -0.25) is 4.84 Å². The Hall–Kier alpha value is -0.520. The number of aliphatic imine (C=N–C) groups is 1. The first-order valence-corrected chi connectivity index (χ1v) is 4.74. The first kappa shape index (κ1) is 12.5. The summed E-state index contributed by atoms with van der Waals surface area (Å²) in [6.07, 6.45) is 3.65. The molecule has 0 radical (unpaired) electrons. The van der Waals surface area contributed by atoms with Crippen molar-refractivity contribution in [1.82, 2.24) is 4.84 Å². The first-order chi connectivity index (χ1) is 6.20. The van der Waals surface area contributed by atoms with Gasteiger partial charge in [-0.2, -0.15) is 0 Å². The molecule has 0 aliphatic heterocycles. The van der Waals surface area contributed by atoms with E-state index in [2.05, 4.69) is 9.83 Å². The highest BCUT2D eigenvalue weighted by Crippen LogP contribution is 2.01. The molecule has 0 bridgehead atoms. The maximum atomic E-state index is 5.64. The molecule has 0 fully saturated rings. The van der Waals surface area contributed by atoms with Gasteiger partial charge in [-0.05, 0) is 25.8 Å². The number of nitrogens with zero attached hydrogens (tertiary/aromatic N) is 1. The average molecular weight is 208 g/mol. The largest absolute Gasteiger partial charge is 0.369 e. The highest BCUT2D eigenvalue weighted by Gasteiger charge is 1.99. The van der Waals surface area contributed by atoms with E-state index in [0.29, 0.717) is 0 Å². The van der Waals surface area contributed by atoms with Crippen LogP contribution >= 0.6 is 11.8 Å². The molecule has 0 aliphatic rings. The van der Waals surface area contributed by atoms with Crippen molar-refractivity contribution in [2.45, 2.75) is 31.8 Å². The molecule has 0 rings (SSSR count). The second-order valence-electron chi connectivity index (χ2n) is 2.81. The van der Waals surface area contributed by atoms with Crippen LogP contribution in [0.15, 0.2) is 4.99 Å². The summed E-state index contributed by atoms with van der Waals surface area (Å²) in [6.45, 7) is 0.726. The van der Waals surface area contributed by atoms with E-state index in [9.17, 15) is 0 Å². The lowest BCUT2D eigenvalue weighted by Crippen LogP contribution is -2.29. The van der Waals surface area contributed by atoms with Gasteiger partial charge >= 0.3 is 0 Å². The molecule has 1 atom stereocenters. The van der Waals surface area contributed by atoms with Crippen LogP contribution in [0.4, 0.5) is 0 Å². The molecule has 0 aliphatic carbocycles. The number of halogens is 1. The zero-order chi connectivity index (χ0) is 10.1. The molecule has 6 heteroatoms. The van der Waals surface area contributed by atoms with Crippen molar-refractivity contribution < 1.29 is 0 Å². The Kier molecular flexibility index (Phi) is 7.77. The third kappa shape index (κ3) is 7.83. The van der Waals surface area contributed by atoms with Crippen molar-refractivity contribution in [3.63, 3.8) is 0 Å². The van der Waals surface area contributed by atoms with Crippen LogP contribution in [0.25, 0.3) is 0 Å². The summed E-state index contributed by atoms with van der Waals surface area (Å²) >= 11 is 5.20. The Morgan fingerprint density at radius 1 is 1.38 bits per heavy atom. The number of nitrogens with one attached hydrogen (secondary N) is 1. The fourth-order valence-electron chi connectivity index (χ4n) is 0.942. The second kappa shape index (κ2) is 8.10. The lowest BCUT2D eigenvalue weighted by Gasteiger charge is -2.06. The van der Waals surface area contributed by atoms with Crippen LogP contribution in [0, 0.1) is 0 Å². The Bertz CT molecular complexity index is 150. The Morgan fingerprint density at radius 2 is 2.08 bits per heavy atom.